The zero-order chi connectivity index (χ0) is 11.9. The molecule has 2 nitrogen and oxygen atoms in total. The summed E-state index contributed by atoms with van der Waals surface area (Å²) in [6.07, 6.45) is 3.92. The van der Waals surface area contributed by atoms with Gasteiger partial charge in [-0.2, -0.15) is 11.8 Å². The lowest BCUT2D eigenvalue weighted by Crippen LogP contribution is -2.34. The van der Waals surface area contributed by atoms with Crippen LogP contribution < -0.4 is 5.32 Å². The van der Waals surface area contributed by atoms with Crippen LogP contribution in [-0.2, 0) is 4.74 Å². The van der Waals surface area contributed by atoms with Gasteiger partial charge < -0.3 is 10.1 Å². The van der Waals surface area contributed by atoms with Crippen molar-refractivity contribution in [1.82, 2.24) is 5.32 Å². The monoisotopic (exact) mass is 245 g/mol. The largest absolute Gasteiger partial charge is 0.380 e. The maximum absolute atomic E-state index is 5.57. The van der Waals surface area contributed by atoms with E-state index in [2.05, 4.69) is 37.8 Å². The molecule has 0 bridgehead atoms. The SMILES string of the molecule is CC(C)CCOCCNCC1(C)CCCS1. The van der Waals surface area contributed by atoms with Gasteiger partial charge in [-0.05, 0) is 37.9 Å². The molecular formula is C13H27NOS. The minimum Gasteiger partial charge on any atom is -0.380 e. The van der Waals surface area contributed by atoms with Crippen molar-refractivity contribution in [2.45, 2.75) is 44.8 Å². The van der Waals surface area contributed by atoms with Crippen LogP contribution in [0.2, 0.25) is 0 Å². The highest BCUT2D eigenvalue weighted by molar-refractivity contribution is 8.00. The fourth-order valence-corrected chi connectivity index (χ4v) is 3.17. The molecule has 96 valence electrons. The van der Waals surface area contributed by atoms with Crippen LogP contribution in [0.3, 0.4) is 0 Å². The lowest BCUT2D eigenvalue weighted by molar-refractivity contribution is 0.125. The van der Waals surface area contributed by atoms with Gasteiger partial charge in [0, 0.05) is 24.4 Å². The molecule has 0 aromatic rings. The van der Waals surface area contributed by atoms with Gasteiger partial charge in [0.15, 0.2) is 0 Å². The van der Waals surface area contributed by atoms with Gasteiger partial charge in [-0.3, -0.25) is 0 Å². The van der Waals surface area contributed by atoms with Crippen molar-refractivity contribution in [2.75, 3.05) is 32.1 Å². The average Bonchev–Trinajstić information content (AvgIpc) is 2.64. The molecule has 1 atom stereocenters. The molecule has 1 unspecified atom stereocenters. The minimum atomic E-state index is 0.484. The highest BCUT2D eigenvalue weighted by Crippen LogP contribution is 2.36. The first-order chi connectivity index (χ1) is 7.62. The zero-order valence-electron chi connectivity index (χ0n) is 11.1. The van der Waals surface area contributed by atoms with E-state index >= 15 is 0 Å². The Bertz CT molecular complexity index is 179. The molecule has 1 heterocycles. The van der Waals surface area contributed by atoms with Gasteiger partial charge in [-0.25, -0.2) is 0 Å². The summed E-state index contributed by atoms with van der Waals surface area (Å²) < 4.78 is 6.06. The molecule has 1 aliphatic heterocycles. The smallest absolute Gasteiger partial charge is 0.0590 e. The van der Waals surface area contributed by atoms with Gasteiger partial charge in [-0.1, -0.05) is 13.8 Å². The quantitative estimate of drug-likeness (QED) is 0.664. The number of rotatable bonds is 8. The van der Waals surface area contributed by atoms with Crippen LogP contribution in [-0.4, -0.2) is 36.8 Å². The lowest BCUT2D eigenvalue weighted by Gasteiger charge is -2.22. The Morgan fingerprint density at radius 3 is 2.81 bits per heavy atom. The molecule has 1 fully saturated rings. The zero-order valence-corrected chi connectivity index (χ0v) is 11.9. The maximum Gasteiger partial charge on any atom is 0.0590 e. The van der Waals surface area contributed by atoms with Gasteiger partial charge in [-0.15, -0.1) is 0 Å². The second-order valence-corrected chi connectivity index (χ2v) is 7.06. The summed E-state index contributed by atoms with van der Waals surface area (Å²) in [6.45, 7) is 10.7. The Morgan fingerprint density at radius 1 is 1.38 bits per heavy atom. The number of hydrogen-bond donors (Lipinski definition) is 1. The highest BCUT2D eigenvalue weighted by atomic mass is 32.2. The summed E-state index contributed by atoms with van der Waals surface area (Å²) >= 11 is 2.11. The summed E-state index contributed by atoms with van der Waals surface area (Å²) in [7, 11) is 0. The van der Waals surface area contributed by atoms with E-state index < -0.39 is 0 Å². The third-order valence-corrected chi connectivity index (χ3v) is 4.60. The Hall–Kier alpha value is 0.270. The van der Waals surface area contributed by atoms with Crippen molar-refractivity contribution in [1.29, 1.82) is 0 Å². The molecule has 0 aromatic heterocycles. The van der Waals surface area contributed by atoms with E-state index in [1.54, 1.807) is 0 Å². The first-order valence-corrected chi connectivity index (χ1v) is 7.53. The molecule has 16 heavy (non-hydrogen) atoms. The van der Waals surface area contributed by atoms with Gasteiger partial charge in [0.25, 0.3) is 0 Å². The third-order valence-electron chi connectivity index (χ3n) is 3.06. The lowest BCUT2D eigenvalue weighted by atomic mass is 10.1. The highest BCUT2D eigenvalue weighted by Gasteiger charge is 2.28. The number of hydrogen-bond acceptors (Lipinski definition) is 3. The van der Waals surface area contributed by atoms with Gasteiger partial charge in [0.1, 0.15) is 0 Å². The van der Waals surface area contributed by atoms with Crippen molar-refractivity contribution in [3.05, 3.63) is 0 Å². The van der Waals surface area contributed by atoms with Crippen LogP contribution in [0.5, 0.6) is 0 Å². The molecule has 3 heteroatoms. The summed E-state index contributed by atoms with van der Waals surface area (Å²) in [5, 5.41) is 3.51. The molecule has 1 rings (SSSR count). The standard InChI is InChI=1S/C13H27NOS/c1-12(2)5-8-15-9-7-14-11-13(3)6-4-10-16-13/h12,14H,4-11H2,1-3H3. The van der Waals surface area contributed by atoms with Crippen LogP contribution >= 0.6 is 11.8 Å². The van der Waals surface area contributed by atoms with Crippen molar-refractivity contribution in [3.63, 3.8) is 0 Å². The third kappa shape index (κ3) is 6.12. The van der Waals surface area contributed by atoms with E-state index in [4.69, 9.17) is 4.74 Å². The molecule has 1 saturated heterocycles. The molecule has 0 spiro atoms. The molecule has 0 radical (unpaired) electrons. The van der Waals surface area contributed by atoms with E-state index in [1.165, 1.54) is 25.0 Å². The topological polar surface area (TPSA) is 21.3 Å². The van der Waals surface area contributed by atoms with Crippen molar-refractivity contribution < 1.29 is 4.74 Å². The Balaban J connectivity index is 1.88. The number of thioether (sulfide) groups is 1. The fourth-order valence-electron chi connectivity index (χ4n) is 1.89. The number of nitrogens with one attached hydrogen (secondary N) is 1. The molecule has 0 amide bonds. The molecular weight excluding hydrogens is 218 g/mol. The molecule has 0 aliphatic carbocycles. The predicted octanol–water partition coefficient (Wildman–Crippen LogP) is 2.92. The Morgan fingerprint density at radius 2 is 2.19 bits per heavy atom. The first kappa shape index (κ1) is 14.3. The first-order valence-electron chi connectivity index (χ1n) is 6.55. The van der Waals surface area contributed by atoms with E-state index in [1.807, 2.05) is 0 Å². The molecule has 1 aliphatic rings. The summed E-state index contributed by atoms with van der Waals surface area (Å²) in [6, 6.07) is 0. The molecule has 0 saturated carbocycles. The van der Waals surface area contributed by atoms with E-state index in [0.717, 1.165) is 32.2 Å². The summed E-state index contributed by atoms with van der Waals surface area (Å²) in [5.41, 5.74) is 0. The average molecular weight is 245 g/mol. The van der Waals surface area contributed by atoms with Crippen LogP contribution in [0.1, 0.15) is 40.0 Å². The van der Waals surface area contributed by atoms with E-state index in [0.29, 0.717) is 4.75 Å². The van der Waals surface area contributed by atoms with Crippen LogP contribution in [0, 0.1) is 5.92 Å². The fraction of sp³-hybridized carbons (Fsp3) is 1.00. The van der Waals surface area contributed by atoms with Crippen LogP contribution in [0.25, 0.3) is 0 Å². The second-order valence-electron chi connectivity index (χ2n) is 5.37. The summed E-state index contributed by atoms with van der Waals surface area (Å²) in [4.78, 5) is 0. The maximum atomic E-state index is 5.57. The molecule has 1 N–H and O–H groups in total. The van der Waals surface area contributed by atoms with Crippen molar-refractivity contribution >= 4 is 11.8 Å². The van der Waals surface area contributed by atoms with Gasteiger partial charge in [0.2, 0.25) is 0 Å². The van der Waals surface area contributed by atoms with E-state index in [-0.39, 0.29) is 0 Å². The Labute approximate surface area is 105 Å². The van der Waals surface area contributed by atoms with Gasteiger partial charge >= 0.3 is 0 Å². The minimum absolute atomic E-state index is 0.484. The predicted molar refractivity (Wildman–Crippen MR) is 73.2 cm³/mol. The second kappa shape index (κ2) is 7.57. The van der Waals surface area contributed by atoms with Crippen LogP contribution in [0.15, 0.2) is 0 Å². The summed E-state index contributed by atoms with van der Waals surface area (Å²) in [5.74, 6) is 2.09. The molecule has 0 aromatic carbocycles. The van der Waals surface area contributed by atoms with Gasteiger partial charge in [0.05, 0.1) is 6.61 Å². The normalized spacial score (nSPS) is 25.5. The number of ether oxygens (including phenoxy) is 1. The van der Waals surface area contributed by atoms with Crippen LogP contribution in [0.4, 0.5) is 0 Å². The Kier molecular flexibility index (Phi) is 6.78. The van der Waals surface area contributed by atoms with E-state index in [9.17, 15) is 0 Å². The van der Waals surface area contributed by atoms with Crippen molar-refractivity contribution in [2.24, 2.45) is 5.92 Å². The van der Waals surface area contributed by atoms with Crippen molar-refractivity contribution in [3.8, 4) is 0 Å².